The maximum atomic E-state index is 12.6. The average molecular weight is 351 g/mol. The van der Waals surface area contributed by atoms with Crippen molar-refractivity contribution in [3.63, 3.8) is 0 Å². The van der Waals surface area contributed by atoms with Gasteiger partial charge in [0, 0.05) is 18.5 Å². The van der Waals surface area contributed by atoms with Crippen LogP contribution in [0.1, 0.15) is 47.8 Å². The number of nitrogens with zero attached hydrogens (tertiary/aromatic N) is 2. The highest BCUT2D eigenvalue weighted by atomic mass is 35.5. The minimum Gasteiger partial charge on any atom is -0.298 e. The summed E-state index contributed by atoms with van der Waals surface area (Å²) in [5.74, 6) is 0.240. The highest BCUT2D eigenvalue weighted by Crippen LogP contribution is 2.31. The summed E-state index contributed by atoms with van der Waals surface area (Å²) in [6, 6.07) is 10.1. The van der Waals surface area contributed by atoms with Crippen molar-refractivity contribution in [1.29, 1.82) is 0 Å². The van der Waals surface area contributed by atoms with Gasteiger partial charge in [0.05, 0.1) is 16.1 Å². The van der Waals surface area contributed by atoms with E-state index in [1.165, 1.54) is 24.4 Å². The summed E-state index contributed by atoms with van der Waals surface area (Å²) in [6.45, 7) is 5.20. The maximum absolute atomic E-state index is 12.6. The fourth-order valence-corrected chi connectivity index (χ4v) is 3.95. The molecule has 1 aliphatic rings. The summed E-state index contributed by atoms with van der Waals surface area (Å²) in [5.41, 5.74) is 2.79. The zero-order valence-corrected chi connectivity index (χ0v) is 15.1. The molecule has 1 aliphatic heterocycles. The predicted octanol–water partition coefficient (Wildman–Crippen LogP) is 4.81. The monoisotopic (exact) mass is 350 g/mol. The van der Waals surface area contributed by atoms with Crippen molar-refractivity contribution >= 4 is 29.7 Å². The Morgan fingerprint density at radius 3 is 2.57 bits per heavy atom. The Balaban J connectivity index is 0.00000192. The van der Waals surface area contributed by atoms with E-state index in [1.807, 2.05) is 30.3 Å². The second-order valence-electron chi connectivity index (χ2n) is 5.85. The zero-order valence-electron chi connectivity index (χ0n) is 13.5. The van der Waals surface area contributed by atoms with Crippen molar-refractivity contribution in [2.24, 2.45) is 0 Å². The van der Waals surface area contributed by atoms with Gasteiger partial charge in [-0.05, 0) is 43.9 Å². The lowest BCUT2D eigenvalue weighted by Gasteiger charge is -2.14. The van der Waals surface area contributed by atoms with Gasteiger partial charge in [-0.2, -0.15) is 4.37 Å². The topological polar surface area (TPSA) is 33.2 Å². The van der Waals surface area contributed by atoms with Crippen molar-refractivity contribution < 1.29 is 4.79 Å². The number of hydrogen-bond acceptors (Lipinski definition) is 4. The van der Waals surface area contributed by atoms with E-state index < -0.39 is 0 Å². The molecule has 1 saturated heterocycles. The van der Waals surface area contributed by atoms with E-state index in [4.69, 9.17) is 0 Å². The van der Waals surface area contributed by atoms with E-state index in [2.05, 4.69) is 16.2 Å². The van der Waals surface area contributed by atoms with Gasteiger partial charge in [0.15, 0.2) is 5.78 Å². The van der Waals surface area contributed by atoms with Gasteiger partial charge in [0.2, 0.25) is 0 Å². The molecule has 0 bridgehead atoms. The summed E-state index contributed by atoms with van der Waals surface area (Å²) in [4.78, 5) is 16.2. The number of ketones is 1. The lowest BCUT2D eigenvalue weighted by Crippen LogP contribution is -2.19. The number of carbonyl (C=O) groups excluding carboxylic acids is 1. The number of benzene rings is 1. The third-order valence-electron chi connectivity index (χ3n) is 4.13. The van der Waals surface area contributed by atoms with Crippen LogP contribution in [0.15, 0.2) is 30.3 Å². The summed E-state index contributed by atoms with van der Waals surface area (Å²) >= 11 is 1.50. The molecule has 2 heterocycles. The van der Waals surface area contributed by atoms with Gasteiger partial charge in [-0.1, -0.05) is 37.3 Å². The van der Waals surface area contributed by atoms with Crippen LogP contribution >= 0.6 is 23.9 Å². The molecule has 0 saturated carbocycles. The smallest absolute Gasteiger partial charge is 0.166 e. The zero-order chi connectivity index (χ0) is 15.4. The van der Waals surface area contributed by atoms with Crippen molar-refractivity contribution in [2.45, 2.75) is 39.2 Å². The number of Topliss-reactive ketones (excluding diaryl/α,β-unsaturated/α-hetero) is 1. The van der Waals surface area contributed by atoms with Gasteiger partial charge >= 0.3 is 0 Å². The highest BCUT2D eigenvalue weighted by molar-refractivity contribution is 7.06. The van der Waals surface area contributed by atoms with E-state index in [0.29, 0.717) is 6.42 Å². The van der Waals surface area contributed by atoms with Crippen LogP contribution < -0.4 is 0 Å². The molecule has 2 aromatic rings. The molecule has 0 unspecified atom stereocenters. The van der Waals surface area contributed by atoms with Crippen LogP contribution in [0.25, 0.3) is 11.3 Å². The molecular formula is C18H23ClN2OS. The van der Waals surface area contributed by atoms with Gasteiger partial charge in [0.25, 0.3) is 0 Å². The Hall–Kier alpha value is -1.23. The molecule has 3 rings (SSSR count). The summed E-state index contributed by atoms with van der Waals surface area (Å²) < 4.78 is 4.63. The normalized spacial score (nSPS) is 14.7. The van der Waals surface area contributed by atoms with Crippen molar-refractivity contribution in [2.75, 3.05) is 13.1 Å². The first-order chi connectivity index (χ1) is 10.8. The third-order valence-corrected chi connectivity index (χ3v) is 4.96. The molecule has 0 aliphatic carbocycles. The van der Waals surface area contributed by atoms with Crippen LogP contribution in [0.3, 0.4) is 0 Å². The fraction of sp³-hybridized carbons (Fsp3) is 0.444. The predicted molar refractivity (Wildman–Crippen MR) is 98.5 cm³/mol. The standard InChI is InChI=1S/C18H22N2OS.ClH/c1-2-8-15(21)17-16(13-20-11-6-7-12-20)22-19-18(17)14-9-4-3-5-10-14;/h3-5,9-10H,2,6-8,11-13H2,1H3;1H. The molecule has 0 atom stereocenters. The Bertz CT molecular complexity index is 636. The minimum absolute atomic E-state index is 0. The number of carbonyl (C=O) groups is 1. The highest BCUT2D eigenvalue weighted by Gasteiger charge is 2.23. The SMILES string of the molecule is CCCC(=O)c1c(-c2ccccc2)nsc1CN1CCCC1.Cl. The molecule has 0 N–H and O–H groups in total. The maximum Gasteiger partial charge on any atom is 0.166 e. The molecule has 0 radical (unpaired) electrons. The molecule has 23 heavy (non-hydrogen) atoms. The number of hydrogen-bond donors (Lipinski definition) is 0. The molecular weight excluding hydrogens is 328 g/mol. The quantitative estimate of drug-likeness (QED) is 0.701. The van der Waals surface area contributed by atoms with Crippen LogP contribution in [0.4, 0.5) is 0 Å². The number of halogens is 1. The van der Waals surface area contributed by atoms with Crippen LogP contribution in [-0.4, -0.2) is 28.1 Å². The first-order valence-corrected chi connectivity index (χ1v) is 8.86. The average Bonchev–Trinajstić information content (AvgIpc) is 3.18. The molecule has 1 aromatic heterocycles. The van der Waals surface area contributed by atoms with Crippen LogP contribution in [0.2, 0.25) is 0 Å². The van der Waals surface area contributed by atoms with E-state index in [-0.39, 0.29) is 18.2 Å². The fourth-order valence-electron chi connectivity index (χ4n) is 3.01. The number of likely N-dealkylation sites (tertiary alicyclic amines) is 1. The van der Waals surface area contributed by atoms with Crippen molar-refractivity contribution in [3.05, 3.63) is 40.8 Å². The summed E-state index contributed by atoms with van der Waals surface area (Å²) in [6.07, 6.45) is 4.02. The van der Waals surface area contributed by atoms with Crippen molar-refractivity contribution in [1.82, 2.24) is 9.27 Å². The first kappa shape index (κ1) is 18.1. The van der Waals surface area contributed by atoms with Crippen LogP contribution in [-0.2, 0) is 6.54 Å². The molecule has 3 nitrogen and oxygen atoms in total. The molecule has 5 heteroatoms. The Morgan fingerprint density at radius 1 is 1.22 bits per heavy atom. The van der Waals surface area contributed by atoms with Gasteiger partial charge in [-0.3, -0.25) is 9.69 Å². The third kappa shape index (κ3) is 4.19. The molecule has 0 spiro atoms. The molecule has 1 aromatic carbocycles. The van der Waals surface area contributed by atoms with E-state index in [9.17, 15) is 4.79 Å². The van der Waals surface area contributed by atoms with E-state index in [0.717, 1.165) is 47.8 Å². The number of aromatic nitrogens is 1. The largest absolute Gasteiger partial charge is 0.298 e. The lowest BCUT2D eigenvalue weighted by molar-refractivity contribution is 0.0981. The van der Waals surface area contributed by atoms with Gasteiger partial charge < -0.3 is 0 Å². The Labute approximate surface area is 148 Å². The first-order valence-electron chi connectivity index (χ1n) is 8.09. The Morgan fingerprint density at radius 2 is 1.91 bits per heavy atom. The summed E-state index contributed by atoms with van der Waals surface area (Å²) in [7, 11) is 0. The van der Waals surface area contributed by atoms with Gasteiger partial charge in [0.1, 0.15) is 0 Å². The second-order valence-corrected chi connectivity index (χ2v) is 6.71. The molecule has 0 amide bonds. The van der Waals surface area contributed by atoms with Crippen LogP contribution in [0.5, 0.6) is 0 Å². The summed E-state index contributed by atoms with van der Waals surface area (Å²) in [5, 5.41) is 0. The minimum atomic E-state index is 0. The Kier molecular flexibility index (Phi) is 6.75. The van der Waals surface area contributed by atoms with E-state index in [1.54, 1.807) is 0 Å². The van der Waals surface area contributed by atoms with Gasteiger partial charge in [-0.15, -0.1) is 12.4 Å². The molecule has 1 fully saturated rings. The van der Waals surface area contributed by atoms with Crippen molar-refractivity contribution in [3.8, 4) is 11.3 Å². The number of rotatable bonds is 6. The van der Waals surface area contributed by atoms with Gasteiger partial charge in [-0.25, -0.2) is 0 Å². The lowest BCUT2D eigenvalue weighted by atomic mass is 10.0. The van der Waals surface area contributed by atoms with E-state index >= 15 is 0 Å². The molecule has 124 valence electrons. The van der Waals surface area contributed by atoms with Crippen LogP contribution in [0, 0.1) is 0 Å². The second kappa shape index (κ2) is 8.57.